The van der Waals surface area contributed by atoms with Gasteiger partial charge in [-0.2, -0.15) is 0 Å². The third-order valence-electron chi connectivity index (χ3n) is 4.85. The average Bonchev–Trinajstić information content (AvgIpc) is 2.73. The molecule has 1 aliphatic heterocycles. The van der Waals surface area contributed by atoms with E-state index in [0.29, 0.717) is 30.9 Å². The second kappa shape index (κ2) is 9.26. The summed E-state index contributed by atoms with van der Waals surface area (Å²) in [5.74, 6) is 0.294. The number of carbonyl (C=O) groups excluding carboxylic acids is 2. The first kappa shape index (κ1) is 19.7. The molecule has 2 amide bonds. The molecule has 0 aliphatic carbocycles. The molecular formula is C22H27N3O3. The Bertz CT molecular complexity index is 810. The number of nitrogens with zero attached hydrogens (tertiary/aromatic N) is 2. The van der Waals surface area contributed by atoms with Gasteiger partial charge in [-0.25, -0.2) is 0 Å². The van der Waals surface area contributed by atoms with Gasteiger partial charge in [-0.3, -0.25) is 14.5 Å². The van der Waals surface area contributed by atoms with Gasteiger partial charge in [0.05, 0.1) is 5.69 Å². The molecule has 1 heterocycles. The minimum Gasteiger partial charge on any atom is -0.478 e. The van der Waals surface area contributed by atoms with Crippen LogP contribution in [0.15, 0.2) is 54.6 Å². The molecule has 1 aliphatic rings. The Morgan fingerprint density at radius 1 is 1.11 bits per heavy atom. The zero-order chi connectivity index (χ0) is 19.9. The lowest BCUT2D eigenvalue weighted by Gasteiger charge is -2.33. The molecule has 0 bridgehead atoms. The van der Waals surface area contributed by atoms with Crippen molar-refractivity contribution in [1.29, 1.82) is 0 Å². The SMILES string of the molecule is CCC1Oc2ccccc2N(CC(=O)NCCN(CC)c2ccccc2)C1=O. The lowest BCUT2D eigenvalue weighted by Crippen LogP contribution is -2.50. The van der Waals surface area contributed by atoms with E-state index in [1.807, 2.05) is 43.3 Å². The molecular weight excluding hydrogens is 354 g/mol. The number of hydrogen-bond acceptors (Lipinski definition) is 4. The van der Waals surface area contributed by atoms with Crippen LogP contribution in [0.4, 0.5) is 11.4 Å². The summed E-state index contributed by atoms with van der Waals surface area (Å²) >= 11 is 0. The van der Waals surface area contributed by atoms with E-state index in [0.717, 1.165) is 12.2 Å². The van der Waals surface area contributed by atoms with Crippen molar-refractivity contribution < 1.29 is 14.3 Å². The van der Waals surface area contributed by atoms with E-state index >= 15 is 0 Å². The smallest absolute Gasteiger partial charge is 0.268 e. The van der Waals surface area contributed by atoms with Crippen molar-refractivity contribution in [3.63, 3.8) is 0 Å². The molecule has 0 saturated heterocycles. The molecule has 6 nitrogen and oxygen atoms in total. The molecule has 148 valence electrons. The molecule has 3 rings (SSSR count). The Kier molecular flexibility index (Phi) is 6.53. The van der Waals surface area contributed by atoms with Crippen molar-refractivity contribution in [3.8, 4) is 5.75 Å². The second-order valence-corrected chi connectivity index (χ2v) is 6.67. The fourth-order valence-electron chi connectivity index (χ4n) is 3.34. The standard InChI is InChI=1S/C22H27N3O3/c1-3-19-22(27)25(18-12-8-9-13-20(18)28-19)16-21(26)23-14-15-24(4-2)17-10-6-5-7-11-17/h5-13,19H,3-4,14-16H2,1-2H3,(H,23,26). The van der Waals surface area contributed by atoms with E-state index in [2.05, 4.69) is 29.3 Å². The highest BCUT2D eigenvalue weighted by atomic mass is 16.5. The van der Waals surface area contributed by atoms with E-state index in [4.69, 9.17) is 4.74 Å². The highest BCUT2D eigenvalue weighted by Crippen LogP contribution is 2.34. The number of hydrogen-bond donors (Lipinski definition) is 1. The topological polar surface area (TPSA) is 61.9 Å². The number of anilines is 2. The molecule has 0 radical (unpaired) electrons. The molecule has 2 aromatic carbocycles. The van der Waals surface area contributed by atoms with Crippen molar-refractivity contribution in [3.05, 3.63) is 54.6 Å². The van der Waals surface area contributed by atoms with Crippen LogP contribution in [0.5, 0.6) is 5.75 Å². The summed E-state index contributed by atoms with van der Waals surface area (Å²) < 4.78 is 5.75. The van der Waals surface area contributed by atoms with Crippen molar-refractivity contribution >= 4 is 23.2 Å². The monoisotopic (exact) mass is 381 g/mol. The highest BCUT2D eigenvalue weighted by molar-refractivity contribution is 6.03. The maximum absolute atomic E-state index is 12.7. The molecule has 1 N–H and O–H groups in total. The van der Waals surface area contributed by atoms with Gasteiger partial charge in [-0.1, -0.05) is 37.3 Å². The zero-order valence-electron chi connectivity index (χ0n) is 16.4. The Balaban J connectivity index is 1.59. The van der Waals surface area contributed by atoms with Crippen LogP contribution in [-0.2, 0) is 9.59 Å². The van der Waals surface area contributed by atoms with E-state index in [-0.39, 0.29) is 18.4 Å². The lowest BCUT2D eigenvalue weighted by molar-refractivity contribution is -0.129. The van der Waals surface area contributed by atoms with Crippen LogP contribution in [0.3, 0.4) is 0 Å². The fraction of sp³-hybridized carbons (Fsp3) is 0.364. The number of nitrogens with one attached hydrogen (secondary N) is 1. The lowest BCUT2D eigenvalue weighted by atomic mass is 10.1. The van der Waals surface area contributed by atoms with Crippen molar-refractivity contribution in [2.75, 3.05) is 36.0 Å². The molecule has 0 saturated carbocycles. The van der Waals surface area contributed by atoms with Crippen LogP contribution >= 0.6 is 0 Å². The van der Waals surface area contributed by atoms with Crippen LogP contribution in [-0.4, -0.2) is 44.1 Å². The first-order valence-electron chi connectivity index (χ1n) is 9.77. The molecule has 0 fully saturated rings. The van der Waals surface area contributed by atoms with E-state index in [1.165, 1.54) is 4.90 Å². The van der Waals surface area contributed by atoms with Crippen LogP contribution in [0, 0.1) is 0 Å². The Morgan fingerprint density at radius 3 is 2.54 bits per heavy atom. The molecule has 2 aromatic rings. The predicted molar refractivity (Wildman–Crippen MR) is 111 cm³/mol. The first-order chi connectivity index (χ1) is 13.6. The molecule has 6 heteroatoms. The van der Waals surface area contributed by atoms with Gasteiger partial charge < -0.3 is 15.0 Å². The third kappa shape index (κ3) is 4.44. The molecule has 0 spiro atoms. The Morgan fingerprint density at radius 2 is 1.82 bits per heavy atom. The molecule has 28 heavy (non-hydrogen) atoms. The number of fused-ring (bicyclic) bond motifs is 1. The summed E-state index contributed by atoms with van der Waals surface area (Å²) in [7, 11) is 0. The van der Waals surface area contributed by atoms with Gasteiger partial charge in [-0.05, 0) is 37.6 Å². The van der Waals surface area contributed by atoms with E-state index in [9.17, 15) is 9.59 Å². The zero-order valence-corrected chi connectivity index (χ0v) is 16.4. The van der Waals surface area contributed by atoms with Crippen molar-refractivity contribution in [1.82, 2.24) is 5.32 Å². The Labute approximate surface area is 166 Å². The van der Waals surface area contributed by atoms with Gasteiger partial charge in [-0.15, -0.1) is 0 Å². The number of para-hydroxylation sites is 3. The number of ether oxygens (including phenoxy) is 1. The average molecular weight is 381 g/mol. The van der Waals surface area contributed by atoms with E-state index < -0.39 is 6.10 Å². The van der Waals surface area contributed by atoms with Crippen molar-refractivity contribution in [2.45, 2.75) is 26.4 Å². The number of benzene rings is 2. The Hall–Kier alpha value is -3.02. The summed E-state index contributed by atoms with van der Waals surface area (Å²) in [6, 6.07) is 17.4. The van der Waals surface area contributed by atoms with Gasteiger partial charge in [0.2, 0.25) is 5.91 Å². The third-order valence-corrected chi connectivity index (χ3v) is 4.85. The summed E-state index contributed by atoms with van der Waals surface area (Å²) in [6.45, 7) is 6.05. The minimum absolute atomic E-state index is 0.00678. The molecule has 0 aromatic heterocycles. The van der Waals surface area contributed by atoms with E-state index in [1.54, 1.807) is 6.07 Å². The first-order valence-corrected chi connectivity index (χ1v) is 9.77. The summed E-state index contributed by atoms with van der Waals surface area (Å²) in [5.41, 5.74) is 1.77. The number of amides is 2. The van der Waals surface area contributed by atoms with Crippen LogP contribution in [0.25, 0.3) is 0 Å². The van der Waals surface area contributed by atoms with Crippen LogP contribution in [0.2, 0.25) is 0 Å². The molecule has 1 atom stereocenters. The summed E-state index contributed by atoms with van der Waals surface area (Å²) in [5, 5.41) is 2.93. The van der Waals surface area contributed by atoms with Gasteiger partial charge in [0, 0.05) is 25.3 Å². The maximum Gasteiger partial charge on any atom is 0.268 e. The number of rotatable bonds is 8. The van der Waals surface area contributed by atoms with Gasteiger partial charge in [0.1, 0.15) is 12.3 Å². The molecule has 1 unspecified atom stereocenters. The quantitative estimate of drug-likeness (QED) is 0.764. The fourth-order valence-corrected chi connectivity index (χ4v) is 3.34. The maximum atomic E-state index is 12.7. The van der Waals surface area contributed by atoms with Crippen molar-refractivity contribution in [2.24, 2.45) is 0 Å². The highest BCUT2D eigenvalue weighted by Gasteiger charge is 2.34. The number of likely N-dealkylation sites (N-methyl/N-ethyl adjacent to an activating group) is 1. The van der Waals surface area contributed by atoms with Gasteiger partial charge >= 0.3 is 0 Å². The predicted octanol–water partition coefficient (Wildman–Crippen LogP) is 2.83. The largest absolute Gasteiger partial charge is 0.478 e. The van der Waals surface area contributed by atoms with Gasteiger partial charge in [0.15, 0.2) is 6.10 Å². The number of carbonyl (C=O) groups is 2. The normalized spacial score (nSPS) is 15.6. The minimum atomic E-state index is -0.545. The second-order valence-electron chi connectivity index (χ2n) is 6.67. The van der Waals surface area contributed by atoms with Gasteiger partial charge in [0.25, 0.3) is 5.91 Å². The van der Waals surface area contributed by atoms with Crippen LogP contribution < -0.4 is 19.9 Å². The van der Waals surface area contributed by atoms with Crippen LogP contribution in [0.1, 0.15) is 20.3 Å². The summed E-state index contributed by atoms with van der Waals surface area (Å²) in [6.07, 6.45) is 0.0183. The summed E-state index contributed by atoms with van der Waals surface area (Å²) in [4.78, 5) is 28.9.